The van der Waals surface area contributed by atoms with Crippen molar-refractivity contribution in [2.24, 2.45) is 5.73 Å². The van der Waals surface area contributed by atoms with Crippen LogP contribution in [0.5, 0.6) is 0 Å². The Labute approximate surface area is 110 Å². The van der Waals surface area contributed by atoms with Crippen molar-refractivity contribution < 1.29 is 13.7 Å². The molecule has 0 saturated heterocycles. The lowest BCUT2D eigenvalue weighted by molar-refractivity contribution is 0.0998. The van der Waals surface area contributed by atoms with Crippen LogP contribution in [0.2, 0.25) is 0 Å². The van der Waals surface area contributed by atoms with Gasteiger partial charge in [0.25, 0.3) is 5.91 Å². The second-order valence-corrected chi connectivity index (χ2v) is 4.34. The molecule has 4 nitrogen and oxygen atoms in total. The number of hydrogen-bond donors (Lipinski definition) is 1. The molecule has 1 aromatic heterocycles. The summed E-state index contributed by atoms with van der Waals surface area (Å²) in [4.78, 5) is 11.5. The number of halogens is 1. The smallest absolute Gasteiger partial charge is 0.254 e. The van der Waals surface area contributed by atoms with Gasteiger partial charge in [-0.05, 0) is 24.1 Å². The summed E-state index contributed by atoms with van der Waals surface area (Å²) in [6.07, 6.45) is 1.86. The fourth-order valence-electron chi connectivity index (χ4n) is 1.96. The molecule has 1 amide bonds. The third-order valence-electron chi connectivity index (χ3n) is 2.84. The van der Waals surface area contributed by atoms with E-state index in [1.54, 1.807) is 12.1 Å². The lowest BCUT2D eigenvalue weighted by atomic mass is 10.0. The number of primary amides is 1. The van der Waals surface area contributed by atoms with Gasteiger partial charge in [0.2, 0.25) is 0 Å². The standard InChI is InChI=1S/C14H15FN2O2/c1-2-3-11-13(14(16)18)12(19-17-11)8-9-4-6-10(15)7-5-9/h4-7H,2-3,8H2,1H3,(H2,16,18). The number of nitrogens with zero attached hydrogens (tertiary/aromatic N) is 1. The van der Waals surface area contributed by atoms with Crippen molar-refractivity contribution in [3.63, 3.8) is 0 Å². The summed E-state index contributed by atoms with van der Waals surface area (Å²) in [6, 6.07) is 6.01. The average Bonchev–Trinajstić information content (AvgIpc) is 2.76. The van der Waals surface area contributed by atoms with Gasteiger partial charge in [0.1, 0.15) is 11.4 Å². The van der Waals surface area contributed by atoms with Crippen LogP contribution < -0.4 is 5.73 Å². The molecule has 0 radical (unpaired) electrons. The van der Waals surface area contributed by atoms with Gasteiger partial charge in [-0.25, -0.2) is 4.39 Å². The molecule has 0 atom stereocenters. The summed E-state index contributed by atoms with van der Waals surface area (Å²) in [6.45, 7) is 1.99. The molecule has 2 aromatic rings. The highest BCUT2D eigenvalue weighted by Crippen LogP contribution is 2.19. The second kappa shape index (κ2) is 5.65. The Balaban J connectivity index is 2.29. The Morgan fingerprint density at radius 1 is 1.37 bits per heavy atom. The first kappa shape index (κ1) is 13.3. The number of carbonyl (C=O) groups excluding carboxylic acids is 1. The minimum atomic E-state index is -0.540. The van der Waals surface area contributed by atoms with Crippen molar-refractivity contribution >= 4 is 5.91 Å². The highest BCUT2D eigenvalue weighted by atomic mass is 19.1. The van der Waals surface area contributed by atoms with Crippen LogP contribution in [-0.2, 0) is 12.8 Å². The molecule has 2 rings (SSSR count). The summed E-state index contributed by atoms with van der Waals surface area (Å²) >= 11 is 0. The van der Waals surface area contributed by atoms with E-state index in [0.717, 1.165) is 12.0 Å². The molecule has 19 heavy (non-hydrogen) atoms. The van der Waals surface area contributed by atoms with Crippen molar-refractivity contribution in [2.45, 2.75) is 26.2 Å². The van der Waals surface area contributed by atoms with Gasteiger partial charge in [-0.1, -0.05) is 30.6 Å². The van der Waals surface area contributed by atoms with Crippen LogP contribution in [0, 0.1) is 5.82 Å². The minimum Gasteiger partial charge on any atom is -0.365 e. The van der Waals surface area contributed by atoms with E-state index < -0.39 is 5.91 Å². The molecule has 1 aromatic carbocycles. The zero-order valence-corrected chi connectivity index (χ0v) is 10.6. The molecule has 0 unspecified atom stereocenters. The SMILES string of the molecule is CCCc1noc(Cc2ccc(F)cc2)c1C(N)=O. The quantitative estimate of drug-likeness (QED) is 0.899. The first-order valence-electron chi connectivity index (χ1n) is 6.13. The van der Waals surface area contributed by atoms with Crippen LogP contribution in [0.25, 0.3) is 0 Å². The minimum absolute atomic E-state index is 0.303. The number of hydrogen-bond acceptors (Lipinski definition) is 3. The molecule has 0 saturated carbocycles. The van der Waals surface area contributed by atoms with Gasteiger partial charge in [-0.3, -0.25) is 4.79 Å². The molecular weight excluding hydrogens is 247 g/mol. The van der Waals surface area contributed by atoms with Gasteiger partial charge in [0.15, 0.2) is 5.76 Å². The van der Waals surface area contributed by atoms with E-state index in [-0.39, 0.29) is 5.82 Å². The predicted molar refractivity (Wildman–Crippen MR) is 68.2 cm³/mol. The van der Waals surface area contributed by atoms with Crippen LogP contribution in [0.3, 0.4) is 0 Å². The molecule has 100 valence electrons. The van der Waals surface area contributed by atoms with Gasteiger partial charge >= 0.3 is 0 Å². The van der Waals surface area contributed by atoms with E-state index in [1.807, 2.05) is 6.92 Å². The Morgan fingerprint density at radius 3 is 2.63 bits per heavy atom. The summed E-state index contributed by atoms with van der Waals surface area (Å²) in [7, 11) is 0. The van der Waals surface area contributed by atoms with Gasteiger partial charge in [-0.15, -0.1) is 0 Å². The number of amides is 1. The van der Waals surface area contributed by atoms with Crippen molar-refractivity contribution in [1.82, 2.24) is 5.16 Å². The highest BCUT2D eigenvalue weighted by Gasteiger charge is 2.20. The van der Waals surface area contributed by atoms with Gasteiger partial charge in [0, 0.05) is 6.42 Å². The molecule has 0 aliphatic rings. The van der Waals surface area contributed by atoms with Gasteiger partial charge in [-0.2, -0.15) is 0 Å². The molecule has 0 spiro atoms. The Kier molecular flexibility index (Phi) is 3.94. The van der Waals surface area contributed by atoms with E-state index in [4.69, 9.17) is 10.3 Å². The lowest BCUT2D eigenvalue weighted by Gasteiger charge is -2.00. The number of nitrogens with two attached hydrogens (primary N) is 1. The second-order valence-electron chi connectivity index (χ2n) is 4.34. The monoisotopic (exact) mass is 262 g/mol. The number of aromatic nitrogens is 1. The molecular formula is C14H15FN2O2. The molecule has 0 fully saturated rings. The van der Waals surface area contributed by atoms with Crippen molar-refractivity contribution in [2.75, 3.05) is 0 Å². The zero-order valence-electron chi connectivity index (χ0n) is 10.6. The maximum atomic E-state index is 12.8. The molecule has 0 aliphatic heterocycles. The Morgan fingerprint density at radius 2 is 2.05 bits per heavy atom. The van der Waals surface area contributed by atoms with Gasteiger partial charge in [0.05, 0.1) is 5.69 Å². The number of rotatable bonds is 5. The van der Waals surface area contributed by atoms with Gasteiger partial charge < -0.3 is 10.3 Å². The molecule has 0 bridgehead atoms. The van der Waals surface area contributed by atoms with E-state index in [2.05, 4.69) is 5.16 Å². The number of benzene rings is 1. The molecule has 0 aliphatic carbocycles. The maximum absolute atomic E-state index is 12.8. The highest BCUT2D eigenvalue weighted by molar-refractivity contribution is 5.95. The summed E-state index contributed by atoms with van der Waals surface area (Å²) in [5.74, 6) is -0.410. The Hall–Kier alpha value is -2.17. The average molecular weight is 262 g/mol. The maximum Gasteiger partial charge on any atom is 0.254 e. The van der Waals surface area contributed by atoms with E-state index in [1.165, 1.54) is 12.1 Å². The number of carbonyl (C=O) groups is 1. The topological polar surface area (TPSA) is 69.1 Å². The predicted octanol–water partition coefficient (Wildman–Crippen LogP) is 2.46. The summed E-state index contributed by atoms with van der Waals surface area (Å²) in [5.41, 5.74) is 7.15. The van der Waals surface area contributed by atoms with E-state index >= 15 is 0 Å². The fraction of sp³-hybridized carbons (Fsp3) is 0.286. The van der Waals surface area contributed by atoms with Crippen LogP contribution in [-0.4, -0.2) is 11.1 Å². The first-order valence-corrected chi connectivity index (χ1v) is 6.13. The van der Waals surface area contributed by atoms with Crippen LogP contribution in [0.1, 0.15) is 40.7 Å². The Bertz CT molecular complexity index is 576. The summed E-state index contributed by atoms with van der Waals surface area (Å²) < 4.78 is 18.0. The normalized spacial score (nSPS) is 10.6. The first-order chi connectivity index (χ1) is 9.11. The molecule has 2 N–H and O–H groups in total. The lowest BCUT2D eigenvalue weighted by Crippen LogP contribution is -2.14. The summed E-state index contributed by atoms with van der Waals surface area (Å²) in [5, 5.41) is 3.89. The fourth-order valence-corrected chi connectivity index (χ4v) is 1.96. The van der Waals surface area contributed by atoms with Crippen LogP contribution in [0.4, 0.5) is 4.39 Å². The molecule has 5 heteroatoms. The van der Waals surface area contributed by atoms with Crippen LogP contribution >= 0.6 is 0 Å². The van der Waals surface area contributed by atoms with Crippen molar-refractivity contribution in [1.29, 1.82) is 0 Å². The molecule has 1 heterocycles. The van der Waals surface area contributed by atoms with Crippen LogP contribution in [0.15, 0.2) is 28.8 Å². The number of aryl methyl sites for hydroxylation is 1. The third-order valence-corrected chi connectivity index (χ3v) is 2.84. The van der Waals surface area contributed by atoms with E-state index in [0.29, 0.717) is 29.9 Å². The van der Waals surface area contributed by atoms with E-state index in [9.17, 15) is 9.18 Å². The zero-order chi connectivity index (χ0) is 13.8. The van der Waals surface area contributed by atoms with Crippen molar-refractivity contribution in [3.8, 4) is 0 Å². The van der Waals surface area contributed by atoms with Crippen molar-refractivity contribution in [3.05, 3.63) is 52.7 Å². The largest absolute Gasteiger partial charge is 0.365 e. The third kappa shape index (κ3) is 2.99.